The number of benzene rings is 1. The second kappa shape index (κ2) is 4.28. The third-order valence-corrected chi connectivity index (χ3v) is 9.40. The van der Waals surface area contributed by atoms with E-state index in [1.807, 2.05) is 0 Å². The highest BCUT2D eigenvalue weighted by Gasteiger charge is 2.42. The molecule has 0 fully saturated rings. The van der Waals surface area contributed by atoms with Gasteiger partial charge in [0.05, 0.1) is 21.3 Å². The van der Waals surface area contributed by atoms with E-state index in [2.05, 4.69) is 33.0 Å². The lowest BCUT2D eigenvalue weighted by Gasteiger charge is -2.29. The summed E-state index contributed by atoms with van der Waals surface area (Å²) in [6.07, 6.45) is 0.734. The number of hydrogen-bond donors (Lipinski definition) is 0. The van der Waals surface area contributed by atoms with Crippen LogP contribution in [0.4, 0.5) is 0 Å². The lowest BCUT2D eigenvalue weighted by Crippen LogP contribution is -2.33. The van der Waals surface area contributed by atoms with Gasteiger partial charge in [0.2, 0.25) is 0 Å². The first-order valence-corrected chi connectivity index (χ1v) is 10.5. The summed E-state index contributed by atoms with van der Waals surface area (Å²) in [5.41, 5.74) is 6.79. The van der Waals surface area contributed by atoms with Crippen molar-refractivity contribution in [1.29, 1.82) is 0 Å². The topological polar surface area (TPSA) is 26.3 Å². The van der Waals surface area contributed by atoms with E-state index in [1.165, 1.54) is 28.3 Å². The zero-order chi connectivity index (χ0) is 13.8. The molecule has 0 spiro atoms. The summed E-state index contributed by atoms with van der Waals surface area (Å²) >= 11 is 0. The minimum absolute atomic E-state index is 0.354. The van der Waals surface area contributed by atoms with E-state index in [0.717, 1.165) is 18.6 Å². The molecule has 0 saturated carbocycles. The monoisotopic (exact) mass is 274 g/mol. The van der Waals surface area contributed by atoms with Gasteiger partial charge in [-0.15, -0.1) is 0 Å². The second-order valence-electron chi connectivity index (χ2n) is 6.63. The van der Waals surface area contributed by atoms with Crippen LogP contribution in [-0.2, 0) is 18.0 Å². The van der Waals surface area contributed by atoms with Crippen molar-refractivity contribution in [3.63, 3.8) is 0 Å². The summed E-state index contributed by atoms with van der Waals surface area (Å²) in [4.78, 5) is 12.4. The first kappa shape index (κ1) is 13.1. The van der Waals surface area contributed by atoms with Crippen LogP contribution in [0.3, 0.4) is 0 Å². The van der Waals surface area contributed by atoms with Gasteiger partial charge < -0.3 is 4.74 Å². The summed E-state index contributed by atoms with van der Waals surface area (Å²) in [5.74, 6) is 0.354. The van der Waals surface area contributed by atoms with Gasteiger partial charge in [-0.1, -0.05) is 26.1 Å². The lowest BCUT2D eigenvalue weighted by atomic mass is 9.95. The molecule has 0 amide bonds. The van der Waals surface area contributed by atoms with Crippen molar-refractivity contribution >= 4 is 13.9 Å². The highest BCUT2D eigenvalue weighted by Crippen LogP contribution is 2.45. The zero-order valence-corrected chi connectivity index (χ0v) is 13.3. The van der Waals surface area contributed by atoms with Gasteiger partial charge in [0.15, 0.2) is 5.78 Å². The number of carbonyl (C=O) groups excluding carboxylic acids is 1. The van der Waals surface area contributed by atoms with Gasteiger partial charge >= 0.3 is 0 Å². The Morgan fingerprint density at radius 3 is 2.68 bits per heavy atom. The molecule has 2 nitrogen and oxygen atoms in total. The number of fused-ring (bicyclic) bond motifs is 3. The van der Waals surface area contributed by atoms with Crippen LogP contribution >= 0.6 is 0 Å². The molecule has 0 bridgehead atoms. The standard InChI is InChI=1S/C16H22O2Si/c1-5-19(3,4)15-7-14(17)11-6-10(2)12-8-18-9-13(12)16(11)15/h6,15H,5,7-9H2,1-4H3/t15-/m0/s1. The average molecular weight is 274 g/mol. The molecule has 1 atom stereocenters. The third-order valence-electron chi connectivity index (χ3n) is 5.20. The normalized spacial score (nSPS) is 21.7. The molecular formula is C16H22O2Si. The van der Waals surface area contributed by atoms with Gasteiger partial charge in [-0.05, 0) is 40.8 Å². The summed E-state index contributed by atoms with van der Waals surface area (Å²) < 4.78 is 5.66. The highest BCUT2D eigenvalue weighted by molar-refractivity contribution is 6.79. The number of rotatable bonds is 2. The van der Waals surface area contributed by atoms with Crippen LogP contribution in [0.2, 0.25) is 19.1 Å². The van der Waals surface area contributed by atoms with Crippen molar-refractivity contribution in [2.45, 2.75) is 58.2 Å². The van der Waals surface area contributed by atoms with E-state index in [-0.39, 0.29) is 0 Å². The van der Waals surface area contributed by atoms with Gasteiger partial charge in [0, 0.05) is 12.0 Å². The molecule has 102 valence electrons. The maximum Gasteiger partial charge on any atom is 0.163 e. The smallest absolute Gasteiger partial charge is 0.163 e. The first-order valence-electron chi connectivity index (χ1n) is 7.22. The number of carbonyl (C=O) groups is 1. The fraction of sp³-hybridized carbons (Fsp3) is 0.562. The Kier molecular flexibility index (Phi) is 2.95. The molecule has 1 aromatic carbocycles. The fourth-order valence-corrected chi connectivity index (χ4v) is 5.85. The molecule has 1 aliphatic carbocycles. The van der Waals surface area contributed by atoms with Crippen LogP contribution in [0.1, 0.15) is 51.5 Å². The lowest BCUT2D eigenvalue weighted by molar-refractivity contribution is 0.0993. The van der Waals surface area contributed by atoms with E-state index >= 15 is 0 Å². The minimum atomic E-state index is -1.37. The molecule has 0 aromatic heterocycles. The highest BCUT2D eigenvalue weighted by atomic mass is 28.3. The van der Waals surface area contributed by atoms with Crippen LogP contribution in [0.25, 0.3) is 0 Å². The average Bonchev–Trinajstić information content (AvgIpc) is 2.95. The Labute approximate surface area is 116 Å². The number of aryl methyl sites for hydroxylation is 1. The van der Waals surface area contributed by atoms with Crippen molar-refractivity contribution < 1.29 is 9.53 Å². The van der Waals surface area contributed by atoms with E-state index in [9.17, 15) is 4.79 Å². The van der Waals surface area contributed by atoms with Gasteiger partial charge in [-0.25, -0.2) is 0 Å². The zero-order valence-electron chi connectivity index (χ0n) is 12.3. The third kappa shape index (κ3) is 1.83. The van der Waals surface area contributed by atoms with Gasteiger partial charge in [0.25, 0.3) is 0 Å². The van der Waals surface area contributed by atoms with Crippen LogP contribution < -0.4 is 0 Å². The SMILES string of the molecule is CC[Si](C)(C)[C@H]1CC(=O)c2cc(C)c3c(c21)COC3. The largest absolute Gasteiger partial charge is 0.372 e. The molecule has 0 radical (unpaired) electrons. The molecule has 0 saturated heterocycles. The molecule has 19 heavy (non-hydrogen) atoms. The maximum atomic E-state index is 12.4. The summed E-state index contributed by atoms with van der Waals surface area (Å²) in [5, 5.41) is 0. The van der Waals surface area contributed by atoms with Crippen LogP contribution in [0, 0.1) is 6.92 Å². The fourth-order valence-electron chi connectivity index (χ4n) is 3.51. The maximum absolute atomic E-state index is 12.4. The van der Waals surface area contributed by atoms with E-state index in [0.29, 0.717) is 17.9 Å². The number of ketones is 1. The van der Waals surface area contributed by atoms with Crippen molar-refractivity contribution in [3.05, 3.63) is 33.9 Å². The van der Waals surface area contributed by atoms with Crippen molar-refractivity contribution in [2.75, 3.05) is 0 Å². The molecule has 0 N–H and O–H groups in total. The molecule has 2 aliphatic rings. The predicted molar refractivity (Wildman–Crippen MR) is 79.3 cm³/mol. The molecule has 1 aliphatic heterocycles. The quantitative estimate of drug-likeness (QED) is 0.763. The molecule has 1 aromatic rings. The van der Waals surface area contributed by atoms with Crippen LogP contribution in [-0.4, -0.2) is 13.9 Å². The Hall–Kier alpha value is -0.933. The van der Waals surface area contributed by atoms with Gasteiger partial charge in [0.1, 0.15) is 0 Å². The predicted octanol–water partition coefficient (Wildman–Crippen LogP) is 3.96. The van der Waals surface area contributed by atoms with E-state index in [1.54, 1.807) is 0 Å². The molecule has 3 rings (SSSR count). The Morgan fingerprint density at radius 1 is 1.32 bits per heavy atom. The van der Waals surface area contributed by atoms with Crippen LogP contribution in [0.15, 0.2) is 6.07 Å². The van der Waals surface area contributed by atoms with E-state index < -0.39 is 8.07 Å². The number of Topliss-reactive ketones (excluding diaryl/α,β-unsaturated/α-hetero) is 1. The van der Waals surface area contributed by atoms with E-state index in [4.69, 9.17) is 4.74 Å². The summed E-state index contributed by atoms with van der Waals surface area (Å²) in [6.45, 7) is 10.7. The summed E-state index contributed by atoms with van der Waals surface area (Å²) in [6, 6.07) is 3.35. The van der Waals surface area contributed by atoms with Crippen molar-refractivity contribution in [2.24, 2.45) is 0 Å². The van der Waals surface area contributed by atoms with Crippen molar-refractivity contribution in [3.8, 4) is 0 Å². The molecular weight excluding hydrogens is 252 g/mol. The van der Waals surface area contributed by atoms with Gasteiger partial charge in [-0.2, -0.15) is 0 Å². The molecule has 3 heteroatoms. The van der Waals surface area contributed by atoms with Gasteiger partial charge in [-0.3, -0.25) is 4.79 Å². The molecule has 0 unspecified atom stereocenters. The van der Waals surface area contributed by atoms with Crippen LogP contribution in [0.5, 0.6) is 0 Å². The summed E-state index contributed by atoms with van der Waals surface area (Å²) in [7, 11) is -1.37. The van der Waals surface area contributed by atoms with Crippen molar-refractivity contribution in [1.82, 2.24) is 0 Å². The Balaban J connectivity index is 2.21. The second-order valence-corrected chi connectivity index (χ2v) is 12.0. The Morgan fingerprint density at radius 2 is 2.00 bits per heavy atom. The number of hydrogen-bond acceptors (Lipinski definition) is 2. The first-order chi connectivity index (χ1) is 8.95. The number of ether oxygens (including phenoxy) is 1. The molecule has 1 heterocycles. The Bertz CT molecular complexity index is 560. The minimum Gasteiger partial charge on any atom is -0.372 e.